The van der Waals surface area contributed by atoms with Crippen molar-refractivity contribution in [3.8, 4) is 0 Å². The minimum Gasteiger partial charge on any atom is -0.456 e. The molecule has 1 aliphatic carbocycles. The van der Waals surface area contributed by atoms with Gasteiger partial charge in [0.15, 0.2) is 0 Å². The lowest BCUT2D eigenvalue weighted by molar-refractivity contribution is -0.138. The third-order valence-corrected chi connectivity index (χ3v) is 8.61. The maximum atomic E-state index is 13.6. The number of furan rings is 1. The number of benzene rings is 2. The van der Waals surface area contributed by atoms with Gasteiger partial charge in [-0.15, -0.1) is 0 Å². The number of rotatable bonds is 3. The van der Waals surface area contributed by atoms with E-state index in [2.05, 4.69) is 0 Å². The van der Waals surface area contributed by atoms with Gasteiger partial charge in [0.2, 0.25) is 10.0 Å². The number of nitrogens with zero attached hydrogens (tertiary/aromatic N) is 1. The first-order chi connectivity index (χ1) is 14.5. The smallest absolute Gasteiger partial charge is 0.262 e. The summed E-state index contributed by atoms with van der Waals surface area (Å²) in [6.45, 7) is 0.270. The molecule has 3 unspecified atom stereocenters. The zero-order chi connectivity index (χ0) is 20.9. The van der Waals surface area contributed by atoms with Crippen molar-refractivity contribution in [3.63, 3.8) is 0 Å². The number of para-hydroxylation sites is 1. The number of hydrogen-bond acceptors (Lipinski definition) is 5. The Labute approximate surface area is 174 Å². The van der Waals surface area contributed by atoms with Crippen LogP contribution in [0, 0.1) is 11.8 Å². The van der Waals surface area contributed by atoms with Crippen molar-refractivity contribution in [2.75, 3.05) is 6.54 Å². The minimum atomic E-state index is -3.94. The summed E-state index contributed by atoms with van der Waals surface area (Å²) in [5, 5.41) is 10.9. The van der Waals surface area contributed by atoms with Crippen LogP contribution in [0.2, 0.25) is 0 Å². The van der Waals surface area contributed by atoms with E-state index in [1.807, 2.05) is 24.3 Å². The Kier molecular flexibility index (Phi) is 4.80. The molecular weight excluding hydrogens is 404 g/mol. The predicted molar refractivity (Wildman–Crippen MR) is 111 cm³/mol. The fourth-order valence-corrected chi connectivity index (χ4v) is 6.99. The molecule has 5 rings (SSSR count). The number of carbonyl (C=O) groups is 1. The van der Waals surface area contributed by atoms with Gasteiger partial charge in [-0.05, 0) is 48.9 Å². The van der Waals surface area contributed by atoms with Gasteiger partial charge in [0, 0.05) is 17.3 Å². The average Bonchev–Trinajstić information content (AvgIpc) is 3.15. The second kappa shape index (κ2) is 7.37. The first-order valence-corrected chi connectivity index (χ1v) is 11.8. The Balaban J connectivity index is 1.59. The molecule has 3 aromatic rings. The molecule has 1 saturated heterocycles. The Morgan fingerprint density at radius 2 is 1.80 bits per heavy atom. The molecule has 8 heteroatoms. The molecule has 0 radical (unpaired) electrons. The summed E-state index contributed by atoms with van der Waals surface area (Å²) in [6, 6.07) is 11.4. The normalized spacial score (nSPS) is 25.3. The van der Waals surface area contributed by atoms with Gasteiger partial charge in [-0.2, -0.15) is 4.31 Å². The SMILES string of the molecule is O=C(NO)C1C2CCCCC2CCN1S(=O)(=O)c1ccc2oc3ccccc3c2c1. The van der Waals surface area contributed by atoms with Gasteiger partial charge in [-0.25, -0.2) is 13.9 Å². The molecule has 3 atom stereocenters. The molecule has 2 aliphatic rings. The number of hydroxylamine groups is 1. The number of fused-ring (bicyclic) bond motifs is 4. The monoisotopic (exact) mass is 428 g/mol. The fourth-order valence-electron chi connectivity index (χ4n) is 5.32. The Morgan fingerprint density at radius 3 is 2.63 bits per heavy atom. The van der Waals surface area contributed by atoms with Crippen molar-refractivity contribution in [2.24, 2.45) is 11.8 Å². The van der Waals surface area contributed by atoms with E-state index in [4.69, 9.17) is 4.42 Å². The molecule has 0 bridgehead atoms. The molecule has 0 spiro atoms. The zero-order valence-electron chi connectivity index (χ0n) is 16.5. The van der Waals surface area contributed by atoms with Crippen molar-refractivity contribution >= 4 is 37.9 Å². The van der Waals surface area contributed by atoms with E-state index in [9.17, 15) is 18.4 Å². The lowest BCUT2D eigenvalue weighted by atomic mass is 9.71. The highest BCUT2D eigenvalue weighted by Gasteiger charge is 2.47. The molecule has 2 aromatic carbocycles. The topological polar surface area (TPSA) is 99.9 Å². The lowest BCUT2D eigenvalue weighted by Crippen LogP contribution is -2.58. The van der Waals surface area contributed by atoms with Gasteiger partial charge >= 0.3 is 0 Å². The van der Waals surface area contributed by atoms with Crippen LogP contribution < -0.4 is 5.48 Å². The zero-order valence-corrected chi connectivity index (χ0v) is 17.3. The van der Waals surface area contributed by atoms with Crippen LogP contribution in [0.15, 0.2) is 51.8 Å². The molecule has 2 fully saturated rings. The predicted octanol–water partition coefficient (Wildman–Crippen LogP) is 3.66. The van der Waals surface area contributed by atoms with E-state index < -0.39 is 22.0 Å². The average molecular weight is 429 g/mol. The Bertz CT molecular complexity index is 1220. The lowest BCUT2D eigenvalue weighted by Gasteiger charge is -2.45. The summed E-state index contributed by atoms with van der Waals surface area (Å²) in [5.74, 6) is -0.411. The number of carbonyl (C=O) groups excluding carboxylic acids is 1. The second-order valence-corrected chi connectivity index (χ2v) is 10.2. The number of nitrogens with one attached hydrogen (secondary N) is 1. The minimum absolute atomic E-state index is 0.0760. The van der Waals surface area contributed by atoms with Crippen molar-refractivity contribution in [3.05, 3.63) is 42.5 Å². The summed E-state index contributed by atoms with van der Waals surface area (Å²) < 4.78 is 34.3. The van der Waals surface area contributed by atoms with Gasteiger partial charge in [-0.3, -0.25) is 10.0 Å². The molecule has 1 saturated carbocycles. The maximum Gasteiger partial charge on any atom is 0.262 e. The third-order valence-electron chi connectivity index (χ3n) is 6.74. The molecule has 7 nitrogen and oxygen atoms in total. The molecule has 1 amide bonds. The quantitative estimate of drug-likeness (QED) is 0.490. The van der Waals surface area contributed by atoms with Gasteiger partial charge in [-0.1, -0.05) is 37.5 Å². The van der Waals surface area contributed by atoms with E-state index in [0.717, 1.165) is 42.9 Å². The molecular formula is C22H24N2O5S. The highest BCUT2D eigenvalue weighted by Crippen LogP contribution is 2.42. The molecule has 30 heavy (non-hydrogen) atoms. The third kappa shape index (κ3) is 3.02. The van der Waals surface area contributed by atoms with E-state index in [1.54, 1.807) is 17.6 Å². The summed E-state index contributed by atoms with van der Waals surface area (Å²) in [5.41, 5.74) is 3.02. The van der Waals surface area contributed by atoms with Crippen LogP contribution in [-0.2, 0) is 14.8 Å². The van der Waals surface area contributed by atoms with Crippen LogP contribution >= 0.6 is 0 Å². The highest BCUT2D eigenvalue weighted by molar-refractivity contribution is 7.89. The van der Waals surface area contributed by atoms with Crippen LogP contribution in [0.5, 0.6) is 0 Å². The molecule has 1 aromatic heterocycles. The molecule has 2 heterocycles. The van der Waals surface area contributed by atoms with E-state index in [0.29, 0.717) is 17.1 Å². The van der Waals surface area contributed by atoms with E-state index in [-0.39, 0.29) is 17.4 Å². The number of amides is 1. The van der Waals surface area contributed by atoms with E-state index >= 15 is 0 Å². The van der Waals surface area contributed by atoms with Crippen LogP contribution in [0.1, 0.15) is 32.1 Å². The number of sulfonamides is 1. The van der Waals surface area contributed by atoms with Gasteiger partial charge < -0.3 is 4.42 Å². The van der Waals surface area contributed by atoms with Crippen LogP contribution in [0.3, 0.4) is 0 Å². The Morgan fingerprint density at radius 1 is 1.03 bits per heavy atom. The van der Waals surface area contributed by atoms with Crippen LogP contribution in [-0.4, -0.2) is 36.4 Å². The summed E-state index contributed by atoms with van der Waals surface area (Å²) >= 11 is 0. The summed E-state index contributed by atoms with van der Waals surface area (Å²) in [4.78, 5) is 12.7. The molecule has 158 valence electrons. The second-order valence-electron chi connectivity index (χ2n) is 8.29. The highest BCUT2D eigenvalue weighted by atomic mass is 32.2. The largest absolute Gasteiger partial charge is 0.456 e. The number of hydrogen-bond donors (Lipinski definition) is 2. The molecule has 2 N–H and O–H groups in total. The van der Waals surface area contributed by atoms with Gasteiger partial charge in [0.1, 0.15) is 17.2 Å². The van der Waals surface area contributed by atoms with Crippen molar-refractivity contribution in [1.29, 1.82) is 0 Å². The van der Waals surface area contributed by atoms with Gasteiger partial charge in [0.25, 0.3) is 5.91 Å². The van der Waals surface area contributed by atoms with Gasteiger partial charge in [0.05, 0.1) is 4.90 Å². The van der Waals surface area contributed by atoms with Crippen molar-refractivity contribution < 1.29 is 22.8 Å². The van der Waals surface area contributed by atoms with Crippen molar-refractivity contribution in [2.45, 2.75) is 43.0 Å². The standard InChI is InChI=1S/C22H24N2O5S/c25-22(23-26)21-16-6-2-1-5-14(16)11-12-24(21)30(27,28)15-9-10-20-18(13-15)17-7-3-4-8-19(17)29-20/h3-4,7-10,13-14,16,21,26H,1-2,5-6,11-12H2,(H,23,25). The van der Waals surface area contributed by atoms with E-state index in [1.165, 1.54) is 10.4 Å². The number of piperidine rings is 1. The first kappa shape index (κ1) is 19.5. The molecule has 1 aliphatic heterocycles. The maximum absolute atomic E-state index is 13.6. The van der Waals surface area contributed by atoms with Crippen molar-refractivity contribution in [1.82, 2.24) is 9.79 Å². The van der Waals surface area contributed by atoms with Crippen LogP contribution in [0.25, 0.3) is 21.9 Å². The first-order valence-electron chi connectivity index (χ1n) is 10.4. The fraction of sp³-hybridized carbons (Fsp3) is 0.409. The van der Waals surface area contributed by atoms with Crippen LogP contribution in [0.4, 0.5) is 0 Å². The summed E-state index contributed by atoms with van der Waals surface area (Å²) in [6.07, 6.45) is 4.60. The Hall–Kier alpha value is -2.42. The summed E-state index contributed by atoms with van der Waals surface area (Å²) in [7, 11) is -3.94.